The molecular formula is C50H93NO5. The Hall–Kier alpha value is -1.92. The Labute approximate surface area is 347 Å². The first-order valence-corrected chi connectivity index (χ1v) is 24.2. The SMILES string of the molecule is CC/C=C/C=C/C=C\CCCCCCCC(=O)OC(CCCCCCCCCCC)CC(=O)NC(CO)C(O)CCCCCCCCCCCCCCCCC. The third kappa shape index (κ3) is 38.9. The lowest BCUT2D eigenvalue weighted by Gasteiger charge is -2.24. The molecule has 6 heteroatoms. The van der Waals surface area contributed by atoms with Gasteiger partial charge in [0, 0.05) is 6.42 Å². The Kier molecular flexibility index (Phi) is 42.7. The summed E-state index contributed by atoms with van der Waals surface area (Å²) in [6, 6.07) is -0.701. The third-order valence-electron chi connectivity index (χ3n) is 11.0. The summed E-state index contributed by atoms with van der Waals surface area (Å²) < 4.78 is 5.89. The van der Waals surface area contributed by atoms with Crippen LogP contribution < -0.4 is 5.32 Å². The topological polar surface area (TPSA) is 95.9 Å². The molecule has 0 rings (SSSR count). The van der Waals surface area contributed by atoms with Crippen LogP contribution >= 0.6 is 0 Å². The van der Waals surface area contributed by atoms with Gasteiger partial charge in [-0.05, 0) is 44.9 Å². The van der Waals surface area contributed by atoms with Crippen LogP contribution in [-0.2, 0) is 14.3 Å². The number of hydrogen-bond acceptors (Lipinski definition) is 5. The van der Waals surface area contributed by atoms with Crippen molar-refractivity contribution in [2.24, 2.45) is 0 Å². The second kappa shape index (κ2) is 44.2. The molecule has 0 heterocycles. The maximum Gasteiger partial charge on any atom is 0.306 e. The van der Waals surface area contributed by atoms with Gasteiger partial charge in [0.2, 0.25) is 5.91 Å². The van der Waals surface area contributed by atoms with Crippen molar-refractivity contribution in [3.8, 4) is 0 Å². The van der Waals surface area contributed by atoms with E-state index in [2.05, 4.69) is 62.5 Å². The predicted molar refractivity (Wildman–Crippen MR) is 241 cm³/mol. The van der Waals surface area contributed by atoms with Crippen LogP contribution in [0.3, 0.4) is 0 Å². The molecule has 0 spiro atoms. The summed E-state index contributed by atoms with van der Waals surface area (Å²) in [4.78, 5) is 26.0. The largest absolute Gasteiger partial charge is 0.462 e. The molecule has 0 saturated carbocycles. The van der Waals surface area contributed by atoms with Crippen molar-refractivity contribution in [1.29, 1.82) is 0 Å². The number of aliphatic hydroxyl groups is 2. The molecule has 0 bridgehead atoms. The number of carbonyl (C=O) groups excluding carboxylic acids is 2. The highest BCUT2D eigenvalue weighted by Crippen LogP contribution is 2.18. The number of esters is 1. The fraction of sp³-hybridized carbons (Fsp3) is 0.840. The molecule has 1 amide bonds. The van der Waals surface area contributed by atoms with Crippen LogP contribution in [-0.4, -0.2) is 46.9 Å². The zero-order valence-corrected chi connectivity index (χ0v) is 37.3. The van der Waals surface area contributed by atoms with Gasteiger partial charge in [-0.15, -0.1) is 0 Å². The molecule has 0 aliphatic heterocycles. The van der Waals surface area contributed by atoms with Crippen LogP contribution in [0.25, 0.3) is 0 Å². The average molecular weight is 788 g/mol. The first kappa shape index (κ1) is 54.1. The van der Waals surface area contributed by atoms with Gasteiger partial charge >= 0.3 is 5.97 Å². The van der Waals surface area contributed by atoms with E-state index < -0.39 is 18.2 Å². The Morgan fingerprint density at radius 3 is 1.45 bits per heavy atom. The van der Waals surface area contributed by atoms with Gasteiger partial charge in [0.15, 0.2) is 0 Å². The van der Waals surface area contributed by atoms with Crippen LogP contribution in [0, 0.1) is 0 Å². The number of hydrogen-bond donors (Lipinski definition) is 3. The highest BCUT2D eigenvalue weighted by molar-refractivity contribution is 5.77. The van der Waals surface area contributed by atoms with E-state index in [1.165, 1.54) is 128 Å². The summed E-state index contributed by atoms with van der Waals surface area (Å²) in [5, 5.41) is 23.7. The lowest BCUT2D eigenvalue weighted by molar-refractivity contribution is -0.151. The molecule has 0 aromatic heterocycles. The van der Waals surface area contributed by atoms with Crippen molar-refractivity contribution in [3.63, 3.8) is 0 Å². The Balaban J connectivity index is 4.48. The molecule has 0 aliphatic carbocycles. The van der Waals surface area contributed by atoms with E-state index in [0.717, 1.165) is 70.6 Å². The van der Waals surface area contributed by atoms with Gasteiger partial charge < -0.3 is 20.3 Å². The molecular weight excluding hydrogens is 695 g/mol. The average Bonchev–Trinajstić information content (AvgIpc) is 3.19. The Bertz CT molecular complexity index is 930. The molecule has 0 aromatic carbocycles. The number of unbranched alkanes of at least 4 members (excludes halogenated alkanes) is 27. The Morgan fingerprint density at radius 1 is 0.536 bits per heavy atom. The maximum atomic E-state index is 13.1. The molecule has 0 saturated heterocycles. The third-order valence-corrected chi connectivity index (χ3v) is 11.0. The number of ether oxygens (including phenoxy) is 1. The minimum atomic E-state index is -0.787. The molecule has 0 radical (unpaired) electrons. The smallest absolute Gasteiger partial charge is 0.306 e. The minimum Gasteiger partial charge on any atom is -0.462 e. The molecule has 56 heavy (non-hydrogen) atoms. The van der Waals surface area contributed by atoms with E-state index in [1.807, 2.05) is 0 Å². The predicted octanol–water partition coefficient (Wildman–Crippen LogP) is 14.1. The zero-order chi connectivity index (χ0) is 41.0. The summed E-state index contributed by atoms with van der Waals surface area (Å²) >= 11 is 0. The fourth-order valence-electron chi connectivity index (χ4n) is 7.37. The normalized spacial score (nSPS) is 13.6. The van der Waals surface area contributed by atoms with Gasteiger partial charge in [-0.2, -0.15) is 0 Å². The van der Waals surface area contributed by atoms with Gasteiger partial charge in [0.1, 0.15) is 6.10 Å². The van der Waals surface area contributed by atoms with Crippen molar-refractivity contribution in [2.75, 3.05) is 6.61 Å². The zero-order valence-electron chi connectivity index (χ0n) is 37.3. The molecule has 3 unspecified atom stereocenters. The fourth-order valence-corrected chi connectivity index (χ4v) is 7.37. The van der Waals surface area contributed by atoms with Crippen LogP contribution in [0.5, 0.6) is 0 Å². The van der Waals surface area contributed by atoms with Crippen LogP contribution in [0.1, 0.15) is 245 Å². The van der Waals surface area contributed by atoms with E-state index in [1.54, 1.807) is 0 Å². The highest BCUT2D eigenvalue weighted by Gasteiger charge is 2.24. The van der Waals surface area contributed by atoms with Crippen molar-refractivity contribution in [1.82, 2.24) is 5.32 Å². The lowest BCUT2D eigenvalue weighted by atomic mass is 10.0. The molecule has 328 valence electrons. The summed E-state index contributed by atoms with van der Waals surface area (Å²) in [7, 11) is 0. The second-order valence-electron chi connectivity index (χ2n) is 16.6. The van der Waals surface area contributed by atoms with Crippen molar-refractivity contribution in [3.05, 3.63) is 36.5 Å². The number of aliphatic hydroxyl groups excluding tert-OH is 2. The molecule has 0 fully saturated rings. The molecule has 0 aromatic rings. The molecule has 3 atom stereocenters. The maximum absolute atomic E-state index is 13.1. The monoisotopic (exact) mass is 788 g/mol. The summed E-state index contributed by atoms with van der Waals surface area (Å²) in [6.07, 6.45) is 50.6. The number of amides is 1. The molecule has 3 N–H and O–H groups in total. The first-order valence-electron chi connectivity index (χ1n) is 24.2. The van der Waals surface area contributed by atoms with E-state index in [-0.39, 0.29) is 24.9 Å². The van der Waals surface area contributed by atoms with Gasteiger partial charge in [-0.25, -0.2) is 0 Å². The first-order chi connectivity index (χ1) is 27.5. The summed E-state index contributed by atoms with van der Waals surface area (Å²) in [6.45, 7) is 6.34. The molecule has 0 aliphatic rings. The van der Waals surface area contributed by atoms with Gasteiger partial charge in [-0.3, -0.25) is 9.59 Å². The van der Waals surface area contributed by atoms with E-state index in [9.17, 15) is 19.8 Å². The molecule has 6 nitrogen and oxygen atoms in total. The lowest BCUT2D eigenvalue weighted by Crippen LogP contribution is -2.46. The van der Waals surface area contributed by atoms with Gasteiger partial charge in [0.25, 0.3) is 0 Å². The summed E-state index contributed by atoms with van der Waals surface area (Å²) in [5.74, 6) is -0.493. The quantitative estimate of drug-likeness (QED) is 0.0325. The van der Waals surface area contributed by atoms with Crippen LogP contribution in [0.2, 0.25) is 0 Å². The van der Waals surface area contributed by atoms with Gasteiger partial charge in [-0.1, -0.05) is 224 Å². The number of rotatable bonds is 43. The van der Waals surface area contributed by atoms with Gasteiger partial charge in [0.05, 0.1) is 25.2 Å². The number of nitrogens with one attached hydrogen (secondary N) is 1. The van der Waals surface area contributed by atoms with Crippen molar-refractivity contribution in [2.45, 2.75) is 264 Å². The minimum absolute atomic E-state index is 0.0720. The van der Waals surface area contributed by atoms with Crippen molar-refractivity contribution >= 4 is 11.9 Å². The summed E-state index contributed by atoms with van der Waals surface area (Å²) in [5.41, 5.74) is 0. The van der Waals surface area contributed by atoms with E-state index in [4.69, 9.17) is 4.74 Å². The number of carbonyl (C=O) groups is 2. The second-order valence-corrected chi connectivity index (χ2v) is 16.6. The van der Waals surface area contributed by atoms with Crippen LogP contribution in [0.4, 0.5) is 0 Å². The van der Waals surface area contributed by atoms with E-state index in [0.29, 0.717) is 19.3 Å². The highest BCUT2D eigenvalue weighted by atomic mass is 16.5. The van der Waals surface area contributed by atoms with Crippen molar-refractivity contribution < 1.29 is 24.5 Å². The standard InChI is InChI=1S/C50H93NO5/c1-4-7-10-13-16-19-21-23-24-26-27-30-33-36-39-42-48(53)47(45-52)51-49(54)44-46(41-38-35-32-29-18-15-12-9-6-3)56-50(55)43-40-37-34-31-28-25-22-20-17-14-11-8-5-2/h8,11,14,17,20,22,46-48,52-53H,4-7,9-10,12-13,15-16,18-19,21,23-45H2,1-3H3,(H,51,54)/b11-8+,17-14+,22-20-. The van der Waals surface area contributed by atoms with Crippen LogP contribution in [0.15, 0.2) is 36.5 Å². The van der Waals surface area contributed by atoms with E-state index >= 15 is 0 Å². The number of allylic oxidation sites excluding steroid dienone is 6. The Morgan fingerprint density at radius 2 is 0.964 bits per heavy atom.